The molecule has 0 aliphatic carbocycles. The molecule has 0 heterocycles. The highest BCUT2D eigenvalue weighted by atomic mass is 16.5. The van der Waals surface area contributed by atoms with E-state index < -0.39 is 17.9 Å². The molecule has 0 saturated carbocycles. The van der Waals surface area contributed by atoms with Crippen LogP contribution >= 0.6 is 0 Å². The van der Waals surface area contributed by atoms with Gasteiger partial charge in [-0.3, -0.25) is 20.4 Å². The highest BCUT2D eigenvalue weighted by Crippen LogP contribution is 2.28. The molecular weight excluding hydrogens is 384 g/mol. The van der Waals surface area contributed by atoms with Crippen LogP contribution in [0.2, 0.25) is 0 Å². The molecule has 2 aromatic rings. The third-order valence-corrected chi connectivity index (χ3v) is 4.71. The van der Waals surface area contributed by atoms with Gasteiger partial charge in [-0.1, -0.05) is 25.5 Å². The third kappa shape index (κ3) is 6.14. The summed E-state index contributed by atoms with van der Waals surface area (Å²) in [4.78, 5) is 24.7. The number of unbranched alkanes of at least 4 members (excludes halogenated alkanes) is 1. The van der Waals surface area contributed by atoms with Gasteiger partial charge in [-0.15, -0.1) is 0 Å². The van der Waals surface area contributed by atoms with Gasteiger partial charge in [0, 0.05) is 5.56 Å². The summed E-state index contributed by atoms with van der Waals surface area (Å²) >= 11 is 0. The number of carbonyl (C=O) groups excluding carboxylic acids is 2. The fraction of sp³-hybridized carbons (Fsp3) is 0.391. The van der Waals surface area contributed by atoms with Crippen LogP contribution in [0.1, 0.15) is 48.2 Å². The number of amides is 2. The molecule has 30 heavy (non-hydrogen) atoms. The predicted molar refractivity (Wildman–Crippen MR) is 115 cm³/mol. The molecule has 0 unspecified atom stereocenters. The molecule has 2 aromatic carbocycles. The van der Waals surface area contributed by atoms with Gasteiger partial charge in [0.2, 0.25) is 0 Å². The van der Waals surface area contributed by atoms with Crippen LogP contribution in [0.5, 0.6) is 17.2 Å². The van der Waals surface area contributed by atoms with Crippen molar-refractivity contribution in [2.75, 3.05) is 13.7 Å². The molecule has 2 N–H and O–H groups in total. The molecule has 0 bridgehead atoms. The van der Waals surface area contributed by atoms with Crippen molar-refractivity contribution < 1.29 is 23.8 Å². The lowest BCUT2D eigenvalue weighted by molar-refractivity contribution is -0.128. The SMILES string of the molecule is CCCCOc1ccc(C(=O)NNC(=O)[C@H](C)Oc2cccc(C)c2C)cc1OC. The summed E-state index contributed by atoms with van der Waals surface area (Å²) in [5.74, 6) is 0.725. The highest BCUT2D eigenvalue weighted by molar-refractivity contribution is 5.96. The Kier molecular flexibility index (Phi) is 8.53. The standard InChI is InChI=1S/C23H30N2O5/c1-6-7-13-29-20-12-11-18(14-21(20)28-5)23(27)25-24-22(26)17(4)30-19-10-8-9-15(2)16(19)3/h8-12,14,17H,6-7,13H2,1-5H3,(H,24,26)(H,25,27)/t17-/m0/s1. The molecular formula is C23H30N2O5. The molecule has 0 fully saturated rings. The number of hydrogen-bond acceptors (Lipinski definition) is 5. The van der Waals surface area contributed by atoms with Gasteiger partial charge in [0.05, 0.1) is 13.7 Å². The molecule has 1 atom stereocenters. The molecule has 0 aliphatic heterocycles. The monoisotopic (exact) mass is 414 g/mol. The second-order valence-corrected chi connectivity index (χ2v) is 6.97. The molecule has 0 spiro atoms. The lowest BCUT2D eigenvalue weighted by Gasteiger charge is -2.17. The number of methoxy groups -OCH3 is 1. The Balaban J connectivity index is 1.94. The number of carbonyl (C=O) groups is 2. The van der Waals surface area contributed by atoms with Crippen molar-refractivity contribution in [1.82, 2.24) is 10.9 Å². The van der Waals surface area contributed by atoms with Crippen molar-refractivity contribution in [2.24, 2.45) is 0 Å². The smallest absolute Gasteiger partial charge is 0.279 e. The zero-order valence-electron chi connectivity index (χ0n) is 18.2. The molecule has 0 aliphatic rings. The van der Waals surface area contributed by atoms with E-state index >= 15 is 0 Å². The van der Waals surface area contributed by atoms with Crippen molar-refractivity contribution in [3.8, 4) is 17.2 Å². The van der Waals surface area contributed by atoms with Crippen molar-refractivity contribution in [3.63, 3.8) is 0 Å². The summed E-state index contributed by atoms with van der Waals surface area (Å²) in [6.07, 6.45) is 1.17. The Morgan fingerprint density at radius 2 is 1.80 bits per heavy atom. The van der Waals surface area contributed by atoms with E-state index in [1.54, 1.807) is 31.2 Å². The molecule has 2 rings (SSSR count). The number of benzene rings is 2. The minimum absolute atomic E-state index is 0.332. The van der Waals surface area contributed by atoms with E-state index in [-0.39, 0.29) is 0 Å². The zero-order chi connectivity index (χ0) is 22.1. The van der Waals surface area contributed by atoms with E-state index in [4.69, 9.17) is 14.2 Å². The van der Waals surface area contributed by atoms with Crippen LogP contribution in [0, 0.1) is 13.8 Å². The minimum Gasteiger partial charge on any atom is -0.493 e. The first-order valence-corrected chi connectivity index (χ1v) is 10.0. The maximum atomic E-state index is 12.4. The topological polar surface area (TPSA) is 85.9 Å². The number of hydrogen-bond donors (Lipinski definition) is 2. The van der Waals surface area contributed by atoms with Crippen LogP contribution in [-0.4, -0.2) is 31.6 Å². The van der Waals surface area contributed by atoms with E-state index in [1.807, 2.05) is 26.0 Å². The van der Waals surface area contributed by atoms with Crippen LogP contribution in [0.15, 0.2) is 36.4 Å². The number of aryl methyl sites for hydroxylation is 1. The molecule has 2 amide bonds. The Labute approximate surface area is 177 Å². The summed E-state index contributed by atoms with van der Waals surface area (Å²) in [5, 5.41) is 0. The fourth-order valence-electron chi connectivity index (χ4n) is 2.64. The largest absolute Gasteiger partial charge is 0.493 e. The van der Waals surface area contributed by atoms with Crippen LogP contribution < -0.4 is 25.1 Å². The summed E-state index contributed by atoms with van der Waals surface area (Å²) in [6, 6.07) is 10.5. The van der Waals surface area contributed by atoms with E-state index in [0.29, 0.717) is 29.4 Å². The summed E-state index contributed by atoms with van der Waals surface area (Å²) in [7, 11) is 1.51. The first-order chi connectivity index (χ1) is 14.4. The van der Waals surface area contributed by atoms with Gasteiger partial charge in [-0.05, 0) is 62.6 Å². The summed E-state index contributed by atoms with van der Waals surface area (Å²) in [6.45, 7) is 8.18. The molecule has 7 nitrogen and oxygen atoms in total. The van der Waals surface area contributed by atoms with E-state index in [9.17, 15) is 9.59 Å². The summed E-state index contributed by atoms with van der Waals surface area (Å²) in [5.41, 5.74) is 7.17. The minimum atomic E-state index is -0.783. The van der Waals surface area contributed by atoms with Crippen molar-refractivity contribution in [3.05, 3.63) is 53.1 Å². The first-order valence-electron chi connectivity index (χ1n) is 10.0. The highest BCUT2D eigenvalue weighted by Gasteiger charge is 2.18. The molecule has 7 heteroatoms. The predicted octanol–water partition coefficient (Wildman–Crippen LogP) is 3.72. The van der Waals surface area contributed by atoms with Crippen LogP contribution in [0.4, 0.5) is 0 Å². The first kappa shape index (κ1) is 23.1. The number of rotatable bonds is 9. The molecule has 0 saturated heterocycles. The number of ether oxygens (including phenoxy) is 3. The van der Waals surface area contributed by atoms with Gasteiger partial charge in [0.15, 0.2) is 17.6 Å². The Morgan fingerprint density at radius 3 is 2.50 bits per heavy atom. The Hall–Kier alpha value is -3.22. The van der Waals surface area contributed by atoms with Crippen molar-refractivity contribution in [1.29, 1.82) is 0 Å². The van der Waals surface area contributed by atoms with Crippen LogP contribution in [0.25, 0.3) is 0 Å². The number of hydrazine groups is 1. The van der Waals surface area contributed by atoms with E-state index in [0.717, 1.165) is 24.0 Å². The third-order valence-electron chi connectivity index (χ3n) is 4.71. The zero-order valence-corrected chi connectivity index (χ0v) is 18.2. The van der Waals surface area contributed by atoms with Gasteiger partial charge in [0.25, 0.3) is 11.8 Å². The molecule has 162 valence electrons. The van der Waals surface area contributed by atoms with Crippen LogP contribution in [0.3, 0.4) is 0 Å². The Bertz CT molecular complexity index is 882. The Morgan fingerprint density at radius 1 is 1.03 bits per heavy atom. The average molecular weight is 415 g/mol. The van der Waals surface area contributed by atoms with Gasteiger partial charge in [-0.2, -0.15) is 0 Å². The lowest BCUT2D eigenvalue weighted by atomic mass is 10.1. The van der Waals surface area contributed by atoms with Crippen LogP contribution in [-0.2, 0) is 4.79 Å². The lowest BCUT2D eigenvalue weighted by Crippen LogP contribution is -2.47. The van der Waals surface area contributed by atoms with Crippen molar-refractivity contribution >= 4 is 11.8 Å². The quantitative estimate of drug-likeness (QED) is 0.482. The maximum absolute atomic E-state index is 12.4. The summed E-state index contributed by atoms with van der Waals surface area (Å²) < 4.78 is 16.7. The second kappa shape index (κ2) is 11.1. The van der Waals surface area contributed by atoms with E-state index in [2.05, 4.69) is 17.8 Å². The van der Waals surface area contributed by atoms with Crippen molar-refractivity contribution in [2.45, 2.75) is 46.6 Å². The maximum Gasteiger partial charge on any atom is 0.279 e. The van der Waals surface area contributed by atoms with E-state index in [1.165, 1.54) is 7.11 Å². The molecule has 0 aromatic heterocycles. The van der Waals surface area contributed by atoms with Gasteiger partial charge in [0.1, 0.15) is 5.75 Å². The number of nitrogens with one attached hydrogen (secondary N) is 2. The van der Waals surface area contributed by atoms with Gasteiger partial charge in [-0.25, -0.2) is 0 Å². The van der Waals surface area contributed by atoms with Gasteiger partial charge < -0.3 is 14.2 Å². The van der Waals surface area contributed by atoms with Gasteiger partial charge >= 0.3 is 0 Å². The fourth-order valence-corrected chi connectivity index (χ4v) is 2.64. The average Bonchev–Trinajstić information content (AvgIpc) is 2.75. The second-order valence-electron chi connectivity index (χ2n) is 6.97. The molecule has 0 radical (unpaired) electrons. The normalized spacial score (nSPS) is 11.4.